The fraction of sp³-hybridized carbons (Fsp3) is 0.560. The van der Waals surface area contributed by atoms with E-state index in [4.69, 9.17) is 18.9 Å². The van der Waals surface area contributed by atoms with Gasteiger partial charge in [-0.3, -0.25) is 0 Å². The highest BCUT2D eigenvalue weighted by molar-refractivity contribution is 7.90. The summed E-state index contributed by atoms with van der Waals surface area (Å²) in [5.74, 6) is -0.0275. The molecule has 13 heteroatoms. The maximum absolute atomic E-state index is 12.7. The van der Waals surface area contributed by atoms with Crippen LogP contribution in [0.3, 0.4) is 0 Å². The summed E-state index contributed by atoms with van der Waals surface area (Å²) in [4.78, 5) is 4.74. The summed E-state index contributed by atoms with van der Waals surface area (Å²) in [5.41, 5.74) is 1.53. The third-order valence-corrected chi connectivity index (χ3v) is 6.80. The van der Waals surface area contributed by atoms with Crippen LogP contribution in [0, 0.1) is 6.92 Å². The van der Waals surface area contributed by atoms with Crippen molar-refractivity contribution in [2.75, 3.05) is 24.1 Å². The molecule has 0 bridgehead atoms. The number of fused-ring (bicyclic) bond motifs is 1. The van der Waals surface area contributed by atoms with Gasteiger partial charge in [0.25, 0.3) is 5.89 Å². The lowest BCUT2D eigenvalue weighted by atomic mass is 9.77. The highest BCUT2D eigenvalue weighted by atomic mass is 32.2. The largest absolute Gasteiger partial charge is 0.484 e. The summed E-state index contributed by atoms with van der Waals surface area (Å²) in [6.07, 6.45) is -2.18. The lowest BCUT2D eigenvalue weighted by molar-refractivity contribution is -0.153. The number of benzene rings is 1. The number of hydrogen-bond donors (Lipinski definition) is 1. The SMILES string of the molecule is Cc1cc(-c2nnc(NC3CC(C)(OCS(C)(=O)=O)C3)o2)nc2c(C(C)(C)C)cc(OCC(F)(F)F)cc12. The van der Waals surface area contributed by atoms with Gasteiger partial charge in [-0.2, -0.15) is 13.2 Å². The quantitative estimate of drug-likeness (QED) is 0.400. The number of hydrogen-bond acceptors (Lipinski definition) is 9. The van der Waals surface area contributed by atoms with Crippen LogP contribution in [0.2, 0.25) is 0 Å². The summed E-state index contributed by atoms with van der Waals surface area (Å²) < 4.78 is 77.3. The molecule has 208 valence electrons. The van der Waals surface area contributed by atoms with Gasteiger partial charge in [-0.15, -0.1) is 5.10 Å². The minimum absolute atomic E-state index is 0.0261. The van der Waals surface area contributed by atoms with Crippen LogP contribution in [0.25, 0.3) is 22.5 Å². The van der Waals surface area contributed by atoms with Gasteiger partial charge in [0, 0.05) is 17.7 Å². The Kier molecular flexibility index (Phi) is 7.15. The van der Waals surface area contributed by atoms with Gasteiger partial charge in [0.1, 0.15) is 17.4 Å². The Morgan fingerprint density at radius 1 is 1.16 bits per heavy atom. The molecular weight excluding hydrogens is 525 g/mol. The van der Waals surface area contributed by atoms with Crippen LogP contribution in [-0.4, -0.2) is 60.2 Å². The van der Waals surface area contributed by atoms with Gasteiger partial charge in [0.15, 0.2) is 16.4 Å². The van der Waals surface area contributed by atoms with E-state index in [9.17, 15) is 21.6 Å². The highest BCUT2D eigenvalue weighted by Crippen LogP contribution is 2.39. The zero-order valence-corrected chi connectivity index (χ0v) is 22.9. The van der Waals surface area contributed by atoms with E-state index in [1.165, 1.54) is 0 Å². The lowest BCUT2D eigenvalue weighted by Gasteiger charge is -2.44. The van der Waals surface area contributed by atoms with E-state index >= 15 is 0 Å². The molecule has 0 radical (unpaired) electrons. The van der Waals surface area contributed by atoms with Crippen LogP contribution in [-0.2, 0) is 20.0 Å². The van der Waals surface area contributed by atoms with Crippen molar-refractivity contribution < 1.29 is 35.5 Å². The molecule has 1 aliphatic rings. The number of ether oxygens (including phenoxy) is 2. The lowest BCUT2D eigenvalue weighted by Crippen LogP contribution is -2.51. The first-order valence-electron chi connectivity index (χ1n) is 12.0. The smallest absolute Gasteiger partial charge is 0.422 e. The summed E-state index contributed by atoms with van der Waals surface area (Å²) in [6.45, 7) is 8.13. The van der Waals surface area contributed by atoms with Crippen LogP contribution in [0.1, 0.15) is 51.7 Å². The molecule has 2 aromatic heterocycles. The van der Waals surface area contributed by atoms with E-state index in [0.717, 1.165) is 17.4 Å². The van der Waals surface area contributed by atoms with E-state index in [1.807, 2.05) is 34.6 Å². The maximum atomic E-state index is 12.7. The third-order valence-electron chi connectivity index (χ3n) is 6.25. The maximum Gasteiger partial charge on any atom is 0.422 e. The molecule has 0 amide bonds. The van der Waals surface area contributed by atoms with Crippen molar-refractivity contribution >= 4 is 26.8 Å². The number of alkyl halides is 3. The first-order chi connectivity index (χ1) is 17.4. The monoisotopic (exact) mass is 556 g/mol. The summed E-state index contributed by atoms with van der Waals surface area (Å²) in [7, 11) is -3.22. The standard InChI is InChI=1S/C25H31F3N4O5S/c1-14-7-19(21-31-32-22(37-21)29-15-10-24(5,11-15)36-13-38(6,33)34)30-20-17(14)8-16(35-12-25(26,27)28)9-18(20)23(2,3)4/h7-9,15H,10-13H2,1-6H3,(H,29,32). The molecule has 1 aliphatic carbocycles. The molecule has 0 saturated heterocycles. The predicted octanol–water partition coefficient (Wildman–Crippen LogP) is 5.18. The molecule has 0 unspecified atom stereocenters. The van der Waals surface area contributed by atoms with E-state index < -0.39 is 33.6 Å². The number of nitrogens with zero attached hydrogens (tertiary/aromatic N) is 3. The first-order valence-corrected chi connectivity index (χ1v) is 14.0. The Morgan fingerprint density at radius 3 is 2.45 bits per heavy atom. The molecular formula is C25H31F3N4O5S. The number of halogens is 3. The number of sulfone groups is 1. The number of anilines is 1. The van der Waals surface area contributed by atoms with Crippen LogP contribution in [0.15, 0.2) is 22.6 Å². The molecule has 0 spiro atoms. The van der Waals surface area contributed by atoms with Gasteiger partial charge in [0.2, 0.25) is 0 Å². The fourth-order valence-electron chi connectivity index (χ4n) is 4.41. The number of pyridine rings is 1. The summed E-state index contributed by atoms with van der Waals surface area (Å²) in [6, 6.07) is 5.05. The first kappa shape index (κ1) is 28.1. The number of rotatable bonds is 8. The van der Waals surface area contributed by atoms with Crippen LogP contribution in [0.5, 0.6) is 5.75 Å². The Balaban J connectivity index is 1.56. The average Bonchev–Trinajstić information content (AvgIpc) is 3.22. The number of aromatic nitrogens is 3. The van der Waals surface area contributed by atoms with Gasteiger partial charge in [-0.05, 0) is 61.4 Å². The van der Waals surface area contributed by atoms with E-state index in [-0.39, 0.29) is 29.6 Å². The second-order valence-electron chi connectivity index (χ2n) is 11.1. The van der Waals surface area contributed by atoms with Crippen molar-refractivity contribution in [1.29, 1.82) is 0 Å². The predicted molar refractivity (Wildman–Crippen MR) is 136 cm³/mol. The molecule has 2 heterocycles. The molecule has 4 rings (SSSR count). The second kappa shape index (κ2) is 9.67. The van der Waals surface area contributed by atoms with E-state index in [0.29, 0.717) is 29.4 Å². The molecule has 0 atom stereocenters. The molecule has 1 saturated carbocycles. The van der Waals surface area contributed by atoms with Gasteiger partial charge >= 0.3 is 12.2 Å². The molecule has 3 aromatic rings. The third kappa shape index (κ3) is 6.73. The highest BCUT2D eigenvalue weighted by Gasteiger charge is 2.42. The zero-order chi connectivity index (χ0) is 28.1. The second-order valence-corrected chi connectivity index (χ2v) is 13.2. The van der Waals surface area contributed by atoms with Gasteiger partial charge < -0.3 is 19.2 Å². The van der Waals surface area contributed by atoms with Crippen molar-refractivity contribution in [2.24, 2.45) is 0 Å². The topological polar surface area (TPSA) is 116 Å². The molecule has 9 nitrogen and oxygen atoms in total. The van der Waals surface area contributed by atoms with Crippen molar-refractivity contribution in [3.8, 4) is 17.3 Å². The minimum Gasteiger partial charge on any atom is -0.484 e. The number of nitrogens with one attached hydrogen (secondary N) is 1. The van der Waals surface area contributed by atoms with E-state index in [1.54, 1.807) is 18.2 Å². The molecule has 0 aliphatic heterocycles. The van der Waals surface area contributed by atoms with Crippen LogP contribution < -0.4 is 10.1 Å². The zero-order valence-electron chi connectivity index (χ0n) is 22.1. The summed E-state index contributed by atoms with van der Waals surface area (Å²) >= 11 is 0. The summed E-state index contributed by atoms with van der Waals surface area (Å²) in [5, 5.41) is 12.0. The Morgan fingerprint density at radius 2 is 1.84 bits per heavy atom. The molecule has 1 fully saturated rings. The fourth-order valence-corrected chi connectivity index (χ4v) is 4.90. The Labute approximate surface area is 219 Å². The van der Waals surface area contributed by atoms with E-state index in [2.05, 4.69) is 15.5 Å². The van der Waals surface area contributed by atoms with Crippen molar-refractivity contribution in [3.05, 3.63) is 29.3 Å². The molecule has 1 aromatic carbocycles. The van der Waals surface area contributed by atoms with Crippen LogP contribution in [0.4, 0.5) is 19.2 Å². The normalized spacial score (nSPS) is 20.4. The van der Waals surface area contributed by atoms with Crippen molar-refractivity contribution in [2.45, 2.75) is 70.7 Å². The van der Waals surface area contributed by atoms with Gasteiger partial charge in [-0.25, -0.2) is 13.4 Å². The van der Waals surface area contributed by atoms with Crippen LogP contribution >= 0.6 is 0 Å². The molecule has 1 N–H and O–H groups in total. The van der Waals surface area contributed by atoms with Gasteiger partial charge in [-0.1, -0.05) is 25.9 Å². The Hall–Kier alpha value is -2.93. The average molecular weight is 557 g/mol. The molecule has 38 heavy (non-hydrogen) atoms. The van der Waals surface area contributed by atoms with Crippen molar-refractivity contribution in [3.63, 3.8) is 0 Å². The number of aryl methyl sites for hydroxylation is 1. The Bertz CT molecular complexity index is 1440. The van der Waals surface area contributed by atoms with Gasteiger partial charge in [0.05, 0.1) is 11.1 Å². The van der Waals surface area contributed by atoms with Crippen molar-refractivity contribution in [1.82, 2.24) is 15.2 Å². The minimum atomic E-state index is -4.45.